The number of aromatic hydroxyl groups is 1. The third-order valence-corrected chi connectivity index (χ3v) is 5.34. The van der Waals surface area contributed by atoms with Gasteiger partial charge in [-0.3, -0.25) is 0 Å². The first-order chi connectivity index (χ1) is 15.2. The Morgan fingerprint density at radius 3 is 2.32 bits per heavy atom. The highest BCUT2D eigenvalue weighted by Crippen LogP contribution is 2.21. The van der Waals surface area contributed by atoms with Crippen molar-refractivity contribution in [3.8, 4) is 5.75 Å². The smallest absolute Gasteiger partial charge is 0.410 e. The van der Waals surface area contributed by atoms with Crippen LogP contribution in [0, 0.1) is 0 Å². The van der Waals surface area contributed by atoms with Crippen molar-refractivity contribution in [2.45, 2.75) is 19.6 Å². The van der Waals surface area contributed by atoms with Crippen LogP contribution in [-0.4, -0.2) is 33.8 Å². The molecule has 5 nitrogen and oxygen atoms in total. The van der Waals surface area contributed by atoms with Gasteiger partial charge in [0.1, 0.15) is 12.4 Å². The maximum atomic E-state index is 12.9. The molecule has 1 amide bonds. The number of phenolic OH excluding ortho intramolecular Hbond substituents is 1. The number of phenols is 1. The van der Waals surface area contributed by atoms with Crippen molar-refractivity contribution >= 4 is 17.0 Å². The molecule has 0 unspecified atom stereocenters. The second kappa shape index (κ2) is 9.85. The summed E-state index contributed by atoms with van der Waals surface area (Å²) in [4.78, 5) is 14.6. The molecule has 0 aliphatic heterocycles. The molecule has 0 aliphatic carbocycles. The summed E-state index contributed by atoms with van der Waals surface area (Å²) in [5, 5.41) is 10.7. The maximum absolute atomic E-state index is 12.9. The molecule has 4 aromatic rings. The Morgan fingerprint density at radius 2 is 1.58 bits per heavy atom. The molecule has 0 aliphatic rings. The minimum atomic E-state index is -0.311. The van der Waals surface area contributed by atoms with Crippen LogP contribution in [0.4, 0.5) is 4.79 Å². The van der Waals surface area contributed by atoms with E-state index in [1.165, 1.54) is 5.56 Å². The van der Waals surface area contributed by atoms with Crippen molar-refractivity contribution in [1.29, 1.82) is 0 Å². The Labute approximate surface area is 182 Å². The molecule has 4 rings (SSSR count). The Morgan fingerprint density at radius 1 is 0.871 bits per heavy atom. The molecule has 1 heterocycles. The van der Waals surface area contributed by atoms with E-state index in [2.05, 4.69) is 16.7 Å². The Balaban J connectivity index is 1.43. The lowest BCUT2D eigenvalue weighted by atomic mass is 10.1. The van der Waals surface area contributed by atoms with E-state index in [4.69, 9.17) is 4.74 Å². The first-order valence-corrected chi connectivity index (χ1v) is 10.5. The van der Waals surface area contributed by atoms with Crippen LogP contribution in [0.5, 0.6) is 5.75 Å². The quantitative estimate of drug-likeness (QED) is 0.430. The molecule has 0 radical (unpaired) electrons. The predicted octanol–water partition coefficient (Wildman–Crippen LogP) is 5.23. The van der Waals surface area contributed by atoms with Gasteiger partial charge in [-0.2, -0.15) is 0 Å². The standard InChI is InChI=1S/C26H26N2O3/c29-24-11-12-25-23(19-24)14-16-27(25)17-18-28(15-13-21-7-3-1-4-8-21)26(30)31-20-22-9-5-2-6-10-22/h1-12,14,16,19,29H,13,15,17-18,20H2. The number of fused-ring (bicyclic) bond motifs is 1. The Bertz CT molecular complexity index is 1120. The Kier molecular flexibility index (Phi) is 6.53. The van der Waals surface area contributed by atoms with Gasteiger partial charge in [0.2, 0.25) is 0 Å². The van der Waals surface area contributed by atoms with E-state index in [1.54, 1.807) is 17.0 Å². The van der Waals surface area contributed by atoms with Crippen LogP contribution in [0.2, 0.25) is 0 Å². The molecule has 1 N–H and O–H groups in total. The lowest BCUT2D eigenvalue weighted by Crippen LogP contribution is -2.36. The van der Waals surface area contributed by atoms with Crippen LogP contribution < -0.4 is 0 Å². The topological polar surface area (TPSA) is 54.7 Å². The molecule has 3 aromatic carbocycles. The van der Waals surface area contributed by atoms with Gasteiger partial charge in [-0.25, -0.2) is 4.79 Å². The largest absolute Gasteiger partial charge is 0.508 e. The number of carbonyl (C=O) groups excluding carboxylic acids is 1. The fourth-order valence-electron chi connectivity index (χ4n) is 3.62. The molecule has 1 aromatic heterocycles. The lowest BCUT2D eigenvalue weighted by molar-refractivity contribution is 0.0953. The van der Waals surface area contributed by atoms with Crippen molar-refractivity contribution in [2.75, 3.05) is 13.1 Å². The number of rotatable bonds is 8. The van der Waals surface area contributed by atoms with Gasteiger partial charge in [-0.05, 0) is 41.8 Å². The van der Waals surface area contributed by atoms with Crippen LogP contribution in [0.15, 0.2) is 91.1 Å². The van der Waals surface area contributed by atoms with Gasteiger partial charge in [0.25, 0.3) is 0 Å². The van der Waals surface area contributed by atoms with Gasteiger partial charge < -0.3 is 19.3 Å². The number of amides is 1. The number of hydrogen-bond acceptors (Lipinski definition) is 3. The zero-order chi connectivity index (χ0) is 21.5. The molecule has 0 saturated carbocycles. The summed E-state index contributed by atoms with van der Waals surface area (Å²) in [6.45, 7) is 2.01. The second-order valence-corrected chi connectivity index (χ2v) is 7.52. The second-order valence-electron chi connectivity index (χ2n) is 7.52. The van der Waals surface area contributed by atoms with E-state index in [0.717, 1.165) is 22.9 Å². The first kappa shape index (κ1) is 20.5. The maximum Gasteiger partial charge on any atom is 0.410 e. The summed E-state index contributed by atoms with van der Waals surface area (Å²) < 4.78 is 7.69. The molecule has 0 saturated heterocycles. The molecule has 158 valence electrons. The zero-order valence-electron chi connectivity index (χ0n) is 17.4. The molecule has 0 atom stereocenters. The van der Waals surface area contributed by atoms with Crippen LogP contribution >= 0.6 is 0 Å². The summed E-state index contributed by atoms with van der Waals surface area (Å²) >= 11 is 0. The highest BCUT2D eigenvalue weighted by atomic mass is 16.6. The minimum Gasteiger partial charge on any atom is -0.508 e. The fourth-order valence-corrected chi connectivity index (χ4v) is 3.62. The van der Waals surface area contributed by atoms with Crippen molar-refractivity contribution < 1.29 is 14.6 Å². The third kappa shape index (κ3) is 5.45. The molecular formula is C26H26N2O3. The van der Waals surface area contributed by atoms with Gasteiger partial charge in [-0.1, -0.05) is 60.7 Å². The summed E-state index contributed by atoms with van der Waals surface area (Å²) in [6.07, 6.45) is 2.44. The average molecular weight is 415 g/mol. The van der Waals surface area contributed by atoms with E-state index < -0.39 is 0 Å². The van der Waals surface area contributed by atoms with Crippen LogP contribution in [-0.2, 0) is 24.3 Å². The van der Waals surface area contributed by atoms with E-state index in [1.807, 2.05) is 66.9 Å². The molecular weight excluding hydrogens is 388 g/mol. The monoisotopic (exact) mass is 414 g/mol. The van der Waals surface area contributed by atoms with Crippen LogP contribution in [0.25, 0.3) is 10.9 Å². The molecule has 0 fully saturated rings. The van der Waals surface area contributed by atoms with Crippen molar-refractivity contribution in [2.24, 2.45) is 0 Å². The van der Waals surface area contributed by atoms with Crippen molar-refractivity contribution in [3.63, 3.8) is 0 Å². The summed E-state index contributed by atoms with van der Waals surface area (Å²) in [6, 6.07) is 27.1. The fraction of sp³-hybridized carbons (Fsp3) is 0.192. The zero-order valence-corrected chi connectivity index (χ0v) is 17.4. The minimum absolute atomic E-state index is 0.249. The highest BCUT2D eigenvalue weighted by Gasteiger charge is 2.16. The third-order valence-electron chi connectivity index (χ3n) is 5.34. The number of hydrogen-bond donors (Lipinski definition) is 1. The highest BCUT2D eigenvalue weighted by molar-refractivity contribution is 5.81. The van der Waals surface area contributed by atoms with Gasteiger partial charge in [-0.15, -0.1) is 0 Å². The number of benzene rings is 3. The van der Waals surface area contributed by atoms with E-state index in [9.17, 15) is 9.90 Å². The lowest BCUT2D eigenvalue weighted by Gasteiger charge is -2.23. The molecule has 31 heavy (non-hydrogen) atoms. The number of nitrogens with zero attached hydrogens (tertiary/aromatic N) is 2. The van der Waals surface area contributed by atoms with Gasteiger partial charge in [0.05, 0.1) is 0 Å². The van der Waals surface area contributed by atoms with E-state index in [0.29, 0.717) is 19.6 Å². The number of carbonyl (C=O) groups is 1. The SMILES string of the molecule is O=C(OCc1ccccc1)N(CCc1ccccc1)CCn1ccc2cc(O)ccc21. The van der Waals surface area contributed by atoms with Crippen LogP contribution in [0.1, 0.15) is 11.1 Å². The average Bonchev–Trinajstić information content (AvgIpc) is 3.21. The summed E-state index contributed by atoms with van der Waals surface area (Å²) in [7, 11) is 0. The van der Waals surface area contributed by atoms with Gasteiger partial charge in [0, 0.05) is 36.7 Å². The molecule has 5 heteroatoms. The van der Waals surface area contributed by atoms with E-state index in [-0.39, 0.29) is 18.4 Å². The van der Waals surface area contributed by atoms with Gasteiger partial charge >= 0.3 is 6.09 Å². The van der Waals surface area contributed by atoms with Crippen molar-refractivity contribution in [3.05, 3.63) is 102 Å². The predicted molar refractivity (Wildman–Crippen MR) is 122 cm³/mol. The van der Waals surface area contributed by atoms with Crippen LogP contribution in [0.3, 0.4) is 0 Å². The summed E-state index contributed by atoms with van der Waals surface area (Å²) in [5.74, 6) is 0.249. The van der Waals surface area contributed by atoms with E-state index >= 15 is 0 Å². The normalized spacial score (nSPS) is 10.8. The summed E-state index contributed by atoms with van der Waals surface area (Å²) in [5.41, 5.74) is 3.18. The first-order valence-electron chi connectivity index (χ1n) is 10.5. The van der Waals surface area contributed by atoms with Gasteiger partial charge in [0.15, 0.2) is 0 Å². The Hall–Kier alpha value is -3.73. The molecule has 0 bridgehead atoms. The number of aromatic nitrogens is 1. The van der Waals surface area contributed by atoms with Crippen molar-refractivity contribution in [1.82, 2.24) is 9.47 Å². The molecule has 0 spiro atoms. The number of ether oxygens (including phenoxy) is 1.